The van der Waals surface area contributed by atoms with Gasteiger partial charge in [-0.25, -0.2) is 8.78 Å². The number of rotatable bonds is 6. The molecular formula is C19H26F2N4O3. The maximum absolute atomic E-state index is 13.6. The van der Waals surface area contributed by atoms with Gasteiger partial charge in [-0.2, -0.15) is 0 Å². The fourth-order valence-electron chi connectivity index (χ4n) is 2.92. The van der Waals surface area contributed by atoms with Crippen LogP contribution in [0.4, 0.5) is 8.78 Å². The lowest BCUT2D eigenvalue weighted by Gasteiger charge is -2.22. The fourth-order valence-corrected chi connectivity index (χ4v) is 2.92. The van der Waals surface area contributed by atoms with Crippen LogP contribution in [0.2, 0.25) is 0 Å². The number of carbonyl (C=O) groups excluding carboxylic acids is 3. The van der Waals surface area contributed by atoms with Gasteiger partial charge in [0, 0.05) is 59.3 Å². The molecule has 0 atom stereocenters. The summed E-state index contributed by atoms with van der Waals surface area (Å²) in [7, 11) is 3.42. The molecule has 0 bridgehead atoms. The Balaban J connectivity index is 1.77. The van der Waals surface area contributed by atoms with E-state index in [0.717, 1.165) is 25.1 Å². The highest BCUT2D eigenvalue weighted by molar-refractivity contribution is 5.94. The van der Waals surface area contributed by atoms with E-state index in [2.05, 4.69) is 5.32 Å². The molecule has 1 saturated heterocycles. The summed E-state index contributed by atoms with van der Waals surface area (Å²) in [5, 5.41) is 2.48. The SMILES string of the molecule is CN(C)C(=O)CN1CCCN(C(=O)CCNC(=O)c2ccc(F)cc2F)CC1. The summed E-state index contributed by atoms with van der Waals surface area (Å²) >= 11 is 0. The summed E-state index contributed by atoms with van der Waals surface area (Å²) in [6.45, 7) is 2.84. The first-order valence-corrected chi connectivity index (χ1v) is 9.21. The predicted molar refractivity (Wildman–Crippen MR) is 99.6 cm³/mol. The number of carbonyl (C=O) groups is 3. The molecule has 154 valence electrons. The average molecular weight is 396 g/mol. The molecule has 0 spiro atoms. The maximum Gasteiger partial charge on any atom is 0.254 e. The molecule has 0 aliphatic carbocycles. The molecule has 1 heterocycles. The first-order valence-electron chi connectivity index (χ1n) is 9.21. The van der Waals surface area contributed by atoms with E-state index in [0.29, 0.717) is 32.2 Å². The van der Waals surface area contributed by atoms with Gasteiger partial charge in [-0.05, 0) is 18.6 Å². The summed E-state index contributed by atoms with van der Waals surface area (Å²) in [6, 6.07) is 2.72. The fraction of sp³-hybridized carbons (Fsp3) is 0.526. The molecule has 7 nitrogen and oxygen atoms in total. The third-order valence-electron chi connectivity index (χ3n) is 4.60. The van der Waals surface area contributed by atoms with Gasteiger partial charge >= 0.3 is 0 Å². The number of likely N-dealkylation sites (N-methyl/N-ethyl adjacent to an activating group) is 1. The van der Waals surface area contributed by atoms with Crippen molar-refractivity contribution < 1.29 is 23.2 Å². The van der Waals surface area contributed by atoms with E-state index in [9.17, 15) is 23.2 Å². The first-order chi connectivity index (χ1) is 13.3. The van der Waals surface area contributed by atoms with E-state index in [1.54, 1.807) is 23.9 Å². The number of hydrogen-bond donors (Lipinski definition) is 1. The molecule has 0 radical (unpaired) electrons. The second-order valence-corrected chi connectivity index (χ2v) is 6.93. The highest BCUT2D eigenvalue weighted by Gasteiger charge is 2.21. The van der Waals surface area contributed by atoms with Gasteiger partial charge in [-0.1, -0.05) is 0 Å². The second-order valence-electron chi connectivity index (χ2n) is 6.93. The van der Waals surface area contributed by atoms with E-state index >= 15 is 0 Å². The minimum absolute atomic E-state index is 0.0236. The minimum Gasteiger partial charge on any atom is -0.351 e. The number of hydrogen-bond acceptors (Lipinski definition) is 4. The molecule has 28 heavy (non-hydrogen) atoms. The number of amides is 3. The van der Waals surface area contributed by atoms with Gasteiger partial charge in [0.1, 0.15) is 11.6 Å². The van der Waals surface area contributed by atoms with Gasteiger partial charge < -0.3 is 15.1 Å². The smallest absolute Gasteiger partial charge is 0.254 e. The summed E-state index contributed by atoms with van der Waals surface area (Å²) < 4.78 is 26.5. The van der Waals surface area contributed by atoms with Crippen LogP contribution in [0.3, 0.4) is 0 Å². The molecule has 0 unspecified atom stereocenters. The normalized spacial score (nSPS) is 15.1. The topological polar surface area (TPSA) is 73.0 Å². The van der Waals surface area contributed by atoms with Gasteiger partial charge in [-0.15, -0.1) is 0 Å². The standard InChI is InChI=1S/C19H26F2N4O3/c1-23(2)18(27)13-24-8-3-9-25(11-10-24)17(26)6-7-22-19(28)15-5-4-14(20)12-16(15)21/h4-5,12H,3,6-11,13H2,1-2H3,(H,22,28). The van der Waals surface area contributed by atoms with Gasteiger partial charge in [0.2, 0.25) is 11.8 Å². The summed E-state index contributed by atoms with van der Waals surface area (Å²) in [4.78, 5) is 41.4. The lowest BCUT2D eigenvalue weighted by molar-refractivity contribution is -0.130. The highest BCUT2D eigenvalue weighted by Crippen LogP contribution is 2.09. The molecule has 0 aromatic heterocycles. The number of nitrogens with zero attached hydrogens (tertiary/aromatic N) is 3. The van der Waals surface area contributed by atoms with Crippen LogP contribution in [0.25, 0.3) is 0 Å². The van der Waals surface area contributed by atoms with Gasteiger partial charge in [0.15, 0.2) is 0 Å². The highest BCUT2D eigenvalue weighted by atomic mass is 19.1. The van der Waals surface area contributed by atoms with Gasteiger partial charge in [0.05, 0.1) is 12.1 Å². The van der Waals surface area contributed by atoms with Crippen LogP contribution in [0.15, 0.2) is 18.2 Å². The molecule has 1 aromatic carbocycles. The predicted octanol–water partition coefficient (Wildman–Crippen LogP) is 0.707. The van der Waals surface area contributed by atoms with E-state index in [4.69, 9.17) is 0 Å². The Bertz CT molecular complexity index is 727. The Labute approximate surface area is 163 Å². The van der Waals surface area contributed by atoms with E-state index in [1.807, 2.05) is 4.90 Å². The lowest BCUT2D eigenvalue weighted by atomic mass is 10.2. The zero-order valence-corrected chi connectivity index (χ0v) is 16.2. The van der Waals surface area contributed by atoms with Crippen molar-refractivity contribution in [2.45, 2.75) is 12.8 Å². The van der Waals surface area contributed by atoms with Crippen LogP contribution in [0.1, 0.15) is 23.2 Å². The van der Waals surface area contributed by atoms with Crippen molar-refractivity contribution in [1.82, 2.24) is 20.0 Å². The molecule has 2 rings (SSSR count). The third-order valence-corrected chi connectivity index (χ3v) is 4.60. The van der Waals surface area contributed by atoms with Gasteiger partial charge in [-0.3, -0.25) is 19.3 Å². The minimum atomic E-state index is -0.941. The molecule has 0 saturated carbocycles. The Morgan fingerprint density at radius 2 is 1.86 bits per heavy atom. The first kappa shape index (κ1) is 21.7. The molecular weight excluding hydrogens is 370 g/mol. The second kappa shape index (κ2) is 10.1. The van der Waals surface area contributed by atoms with Crippen molar-refractivity contribution in [2.75, 3.05) is 53.4 Å². The Morgan fingerprint density at radius 3 is 2.54 bits per heavy atom. The van der Waals surface area contributed by atoms with Crippen LogP contribution in [0, 0.1) is 11.6 Å². The number of halogens is 2. The number of nitrogens with one attached hydrogen (secondary N) is 1. The van der Waals surface area contributed by atoms with Crippen LogP contribution < -0.4 is 5.32 Å². The molecule has 1 fully saturated rings. The molecule has 9 heteroatoms. The van der Waals surface area contributed by atoms with Crippen molar-refractivity contribution in [3.8, 4) is 0 Å². The zero-order valence-electron chi connectivity index (χ0n) is 16.2. The monoisotopic (exact) mass is 396 g/mol. The van der Waals surface area contributed by atoms with Crippen molar-refractivity contribution in [3.05, 3.63) is 35.4 Å². The van der Waals surface area contributed by atoms with Crippen LogP contribution in [0.5, 0.6) is 0 Å². The molecule has 1 N–H and O–H groups in total. The van der Waals surface area contributed by atoms with E-state index in [-0.39, 0.29) is 30.3 Å². The van der Waals surface area contributed by atoms with Crippen LogP contribution in [-0.4, -0.2) is 85.8 Å². The van der Waals surface area contributed by atoms with Crippen LogP contribution >= 0.6 is 0 Å². The molecule has 1 aromatic rings. The van der Waals surface area contributed by atoms with E-state index in [1.165, 1.54) is 0 Å². The van der Waals surface area contributed by atoms with Gasteiger partial charge in [0.25, 0.3) is 5.91 Å². The maximum atomic E-state index is 13.6. The zero-order chi connectivity index (χ0) is 20.7. The Hall–Kier alpha value is -2.55. The third kappa shape index (κ3) is 6.26. The summed E-state index contributed by atoms with van der Waals surface area (Å²) in [5.74, 6) is -2.47. The summed E-state index contributed by atoms with van der Waals surface area (Å²) in [6.07, 6.45) is 0.852. The van der Waals surface area contributed by atoms with Crippen molar-refractivity contribution in [3.63, 3.8) is 0 Å². The van der Waals surface area contributed by atoms with E-state index < -0.39 is 17.5 Å². The number of benzene rings is 1. The molecule has 1 aliphatic rings. The lowest BCUT2D eigenvalue weighted by Crippen LogP contribution is -2.40. The van der Waals surface area contributed by atoms with Crippen LogP contribution in [-0.2, 0) is 9.59 Å². The molecule has 3 amide bonds. The quantitative estimate of drug-likeness (QED) is 0.769. The summed E-state index contributed by atoms with van der Waals surface area (Å²) in [5.41, 5.74) is -0.259. The van der Waals surface area contributed by atoms with Crippen molar-refractivity contribution in [2.24, 2.45) is 0 Å². The Kier molecular flexibility index (Phi) is 7.86. The molecule has 1 aliphatic heterocycles. The Morgan fingerprint density at radius 1 is 1.11 bits per heavy atom. The van der Waals surface area contributed by atoms with Crippen molar-refractivity contribution >= 4 is 17.7 Å². The average Bonchev–Trinajstić information content (AvgIpc) is 2.87. The largest absolute Gasteiger partial charge is 0.351 e. The van der Waals surface area contributed by atoms with Crippen molar-refractivity contribution in [1.29, 1.82) is 0 Å².